The molecule has 0 unspecified atom stereocenters. The first-order chi connectivity index (χ1) is 17.0. The number of anilines is 2. The van der Waals surface area contributed by atoms with E-state index in [4.69, 9.17) is 15.9 Å². The van der Waals surface area contributed by atoms with Crippen molar-refractivity contribution < 1.29 is 19.1 Å². The Morgan fingerprint density at radius 1 is 0.971 bits per heavy atom. The second kappa shape index (κ2) is 13.4. The maximum absolute atomic E-state index is 13.0. The molecule has 35 heavy (non-hydrogen) atoms. The van der Waals surface area contributed by atoms with Gasteiger partial charge in [-0.15, -0.1) is 6.42 Å². The highest BCUT2D eigenvalue weighted by Gasteiger charge is 2.23. The zero-order chi connectivity index (χ0) is 25.0. The summed E-state index contributed by atoms with van der Waals surface area (Å²) in [6, 6.07) is 12.6. The van der Waals surface area contributed by atoms with Crippen LogP contribution in [0.25, 0.3) is 0 Å². The third-order valence-electron chi connectivity index (χ3n) is 5.97. The van der Waals surface area contributed by atoms with Crippen LogP contribution in [0.5, 0.6) is 11.5 Å². The number of rotatable bonds is 11. The van der Waals surface area contributed by atoms with Gasteiger partial charge in [-0.3, -0.25) is 14.5 Å². The number of hydrogen-bond acceptors (Lipinski definition) is 5. The fourth-order valence-corrected chi connectivity index (χ4v) is 4.34. The lowest BCUT2D eigenvalue weighted by Crippen LogP contribution is -2.42. The van der Waals surface area contributed by atoms with Crippen LogP contribution in [0.15, 0.2) is 42.5 Å². The van der Waals surface area contributed by atoms with Crippen LogP contribution in [-0.2, 0) is 4.79 Å². The van der Waals surface area contributed by atoms with E-state index in [2.05, 4.69) is 21.5 Å². The number of nitrogens with one attached hydrogen (secondary N) is 2. The smallest absolute Gasteiger partial charge is 0.255 e. The van der Waals surface area contributed by atoms with Crippen LogP contribution in [-0.4, -0.2) is 49.1 Å². The topological polar surface area (TPSA) is 79.9 Å². The van der Waals surface area contributed by atoms with E-state index in [1.165, 1.54) is 6.42 Å². The molecule has 0 aliphatic heterocycles. The molecule has 1 aliphatic carbocycles. The van der Waals surface area contributed by atoms with Gasteiger partial charge in [0, 0.05) is 23.7 Å². The Morgan fingerprint density at radius 3 is 2.14 bits per heavy atom. The van der Waals surface area contributed by atoms with Crippen molar-refractivity contribution in [1.29, 1.82) is 0 Å². The average molecular weight is 478 g/mol. The van der Waals surface area contributed by atoms with Gasteiger partial charge in [0.2, 0.25) is 5.91 Å². The summed E-state index contributed by atoms with van der Waals surface area (Å²) in [5.41, 5.74) is 1.49. The molecule has 186 valence electrons. The first-order valence-electron chi connectivity index (χ1n) is 12.3. The minimum Gasteiger partial charge on any atom is -0.492 e. The van der Waals surface area contributed by atoms with E-state index in [0.29, 0.717) is 54.2 Å². The van der Waals surface area contributed by atoms with Crippen LogP contribution >= 0.6 is 0 Å². The van der Waals surface area contributed by atoms with Crippen molar-refractivity contribution >= 4 is 23.2 Å². The highest BCUT2D eigenvalue weighted by molar-refractivity contribution is 6.05. The van der Waals surface area contributed by atoms with Gasteiger partial charge in [-0.1, -0.05) is 43.4 Å². The first kappa shape index (κ1) is 26.1. The fourth-order valence-electron chi connectivity index (χ4n) is 4.34. The van der Waals surface area contributed by atoms with Crippen LogP contribution in [0, 0.1) is 12.3 Å². The van der Waals surface area contributed by atoms with Crippen LogP contribution in [0.1, 0.15) is 56.3 Å². The number of terminal acetylenes is 1. The van der Waals surface area contributed by atoms with Crippen LogP contribution < -0.4 is 20.1 Å². The molecule has 3 rings (SSSR count). The van der Waals surface area contributed by atoms with E-state index < -0.39 is 0 Å². The SMILES string of the molecule is C#CCN(CC(=O)Nc1cc(OCC)c(NC(=O)c2ccccc2)cc1OCC)C1CCCCC1. The minimum absolute atomic E-state index is 0.171. The molecule has 7 heteroatoms. The lowest BCUT2D eigenvalue weighted by molar-refractivity contribution is -0.117. The van der Waals surface area contributed by atoms with Gasteiger partial charge in [-0.05, 0) is 38.8 Å². The molecular weight excluding hydrogens is 442 g/mol. The number of amides is 2. The van der Waals surface area contributed by atoms with Crippen molar-refractivity contribution in [3.63, 3.8) is 0 Å². The number of carbonyl (C=O) groups excluding carboxylic acids is 2. The summed E-state index contributed by atoms with van der Waals surface area (Å²) in [7, 11) is 0. The normalized spacial score (nSPS) is 13.7. The average Bonchev–Trinajstić information content (AvgIpc) is 2.87. The van der Waals surface area contributed by atoms with Crippen molar-refractivity contribution in [2.24, 2.45) is 0 Å². The Kier molecular flexibility index (Phi) is 10.00. The second-order valence-electron chi connectivity index (χ2n) is 8.48. The van der Waals surface area contributed by atoms with Gasteiger partial charge in [0.05, 0.1) is 37.7 Å². The molecule has 0 atom stereocenters. The van der Waals surface area contributed by atoms with E-state index in [1.807, 2.05) is 19.9 Å². The highest BCUT2D eigenvalue weighted by Crippen LogP contribution is 2.37. The van der Waals surface area contributed by atoms with Gasteiger partial charge >= 0.3 is 0 Å². The van der Waals surface area contributed by atoms with Crippen molar-refractivity contribution in [3.05, 3.63) is 48.0 Å². The summed E-state index contributed by atoms with van der Waals surface area (Å²) in [6.07, 6.45) is 11.3. The van der Waals surface area contributed by atoms with Gasteiger partial charge in [-0.2, -0.15) is 0 Å². The summed E-state index contributed by atoms with van der Waals surface area (Å²) in [5.74, 6) is 3.16. The van der Waals surface area contributed by atoms with Crippen molar-refractivity contribution in [2.45, 2.75) is 52.0 Å². The Labute approximate surface area is 208 Å². The molecule has 2 aromatic rings. The molecule has 1 aliphatic rings. The largest absolute Gasteiger partial charge is 0.492 e. The molecule has 1 fully saturated rings. The van der Waals surface area contributed by atoms with Gasteiger partial charge in [0.1, 0.15) is 11.5 Å². The maximum Gasteiger partial charge on any atom is 0.255 e. The van der Waals surface area contributed by atoms with E-state index in [9.17, 15) is 9.59 Å². The van der Waals surface area contributed by atoms with E-state index in [1.54, 1.807) is 36.4 Å². The Hall–Kier alpha value is -3.50. The first-order valence-corrected chi connectivity index (χ1v) is 12.3. The van der Waals surface area contributed by atoms with E-state index in [-0.39, 0.29) is 18.4 Å². The van der Waals surface area contributed by atoms with Crippen LogP contribution in [0.4, 0.5) is 11.4 Å². The summed E-state index contributed by atoms with van der Waals surface area (Å²) < 4.78 is 11.6. The van der Waals surface area contributed by atoms with Gasteiger partial charge < -0.3 is 20.1 Å². The molecule has 0 spiro atoms. The lowest BCUT2D eigenvalue weighted by Gasteiger charge is -2.32. The fraction of sp³-hybridized carbons (Fsp3) is 0.429. The number of nitrogens with zero attached hydrogens (tertiary/aromatic N) is 1. The van der Waals surface area contributed by atoms with Gasteiger partial charge in [0.25, 0.3) is 5.91 Å². The number of hydrogen-bond donors (Lipinski definition) is 2. The molecule has 0 saturated heterocycles. The zero-order valence-electron chi connectivity index (χ0n) is 20.6. The third kappa shape index (κ3) is 7.49. The number of carbonyl (C=O) groups is 2. The van der Waals surface area contributed by atoms with Crippen LogP contribution in [0.3, 0.4) is 0 Å². The van der Waals surface area contributed by atoms with Gasteiger partial charge in [-0.25, -0.2) is 0 Å². The standard InChI is InChI=1S/C28H35N3O4/c1-4-17-31(22-15-11-8-12-16-22)20-27(32)29-23-18-26(35-6-3)24(19-25(23)34-5-2)30-28(33)21-13-9-7-10-14-21/h1,7,9-10,13-14,18-19,22H,5-6,8,11-12,15-17,20H2,2-3H3,(H,29,32)(H,30,33). The Balaban J connectivity index is 1.80. The molecule has 2 N–H and O–H groups in total. The predicted octanol–water partition coefficient (Wildman–Crippen LogP) is 4.94. The van der Waals surface area contributed by atoms with E-state index >= 15 is 0 Å². The Morgan fingerprint density at radius 2 is 1.57 bits per heavy atom. The molecule has 2 amide bonds. The Bertz CT molecular complexity index is 1030. The molecule has 2 aromatic carbocycles. The second-order valence-corrected chi connectivity index (χ2v) is 8.48. The van der Waals surface area contributed by atoms with Crippen molar-refractivity contribution in [3.8, 4) is 23.8 Å². The van der Waals surface area contributed by atoms with Crippen LogP contribution in [0.2, 0.25) is 0 Å². The molecule has 0 heterocycles. The monoisotopic (exact) mass is 477 g/mol. The number of benzene rings is 2. The molecule has 1 saturated carbocycles. The van der Waals surface area contributed by atoms with Gasteiger partial charge in [0.15, 0.2) is 0 Å². The summed E-state index contributed by atoms with van der Waals surface area (Å²) in [5, 5.41) is 5.86. The lowest BCUT2D eigenvalue weighted by atomic mass is 9.94. The third-order valence-corrected chi connectivity index (χ3v) is 5.97. The molecule has 7 nitrogen and oxygen atoms in total. The minimum atomic E-state index is -0.261. The van der Waals surface area contributed by atoms with Crippen molar-refractivity contribution in [1.82, 2.24) is 4.90 Å². The summed E-state index contributed by atoms with van der Waals surface area (Å²) in [6.45, 7) is 5.16. The molecule has 0 radical (unpaired) electrons. The molecule has 0 aromatic heterocycles. The zero-order valence-corrected chi connectivity index (χ0v) is 20.6. The van der Waals surface area contributed by atoms with E-state index in [0.717, 1.165) is 25.7 Å². The molecular formula is C28H35N3O4. The number of ether oxygens (including phenoxy) is 2. The predicted molar refractivity (Wildman–Crippen MR) is 139 cm³/mol. The quantitative estimate of drug-likeness (QED) is 0.448. The molecule has 0 bridgehead atoms. The maximum atomic E-state index is 13.0. The van der Waals surface area contributed by atoms with Crippen molar-refractivity contribution in [2.75, 3.05) is 36.9 Å². The highest BCUT2D eigenvalue weighted by atomic mass is 16.5. The summed E-state index contributed by atoms with van der Waals surface area (Å²) >= 11 is 0. The summed E-state index contributed by atoms with van der Waals surface area (Å²) in [4.78, 5) is 27.8.